The quantitative estimate of drug-likeness (QED) is 0.365. The minimum absolute atomic E-state index is 0.0310. The van der Waals surface area contributed by atoms with Crippen molar-refractivity contribution in [3.63, 3.8) is 0 Å². The van der Waals surface area contributed by atoms with Crippen LogP contribution in [0.2, 0.25) is 0 Å². The summed E-state index contributed by atoms with van der Waals surface area (Å²) in [7, 11) is 0. The molecule has 1 heterocycles. The van der Waals surface area contributed by atoms with Gasteiger partial charge in [-0.3, -0.25) is 9.59 Å². The standard InChI is InChI=1S/C33H50O6/c1-8-18-16-20(28(30(5,6)37)39-23(35)9-2)38-27-24(18)31(7)14-15-32-17-33(32)13-12-22(34)29(3,4)21(33)11-10-19(32)25(31)26(27)36/h8,18-22,24-25,27-28,34,37H,1,9-17H2,2-7H3. The molecule has 6 nitrogen and oxygen atoms in total. The van der Waals surface area contributed by atoms with Gasteiger partial charge in [-0.15, -0.1) is 6.58 Å². The number of rotatable bonds is 5. The molecule has 5 aliphatic carbocycles. The van der Waals surface area contributed by atoms with Crippen LogP contribution in [0.1, 0.15) is 99.3 Å². The highest BCUT2D eigenvalue weighted by atomic mass is 16.6. The van der Waals surface area contributed by atoms with E-state index in [4.69, 9.17) is 9.47 Å². The zero-order valence-corrected chi connectivity index (χ0v) is 24.9. The summed E-state index contributed by atoms with van der Waals surface area (Å²) < 4.78 is 12.4. The molecule has 6 fully saturated rings. The van der Waals surface area contributed by atoms with Crippen LogP contribution >= 0.6 is 0 Å². The molecule has 39 heavy (non-hydrogen) atoms. The van der Waals surface area contributed by atoms with E-state index < -0.39 is 23.9 Å². The molecule has 1 saturated heterocycles. The SMILES string of the molecule is C=CC1CC(C(OC(=O)CC)C(C)(C)O)OC2C(=O)C3C4CCC5C(C)(C)C(O)CCC56CC46CCC3(C)C12. The van der Waals surface area contributed by atoms with Gasteiger partial charge in [0.15, 0.2) is 11.9 Å². The van der Waals surface area contributed by atoms with Crippen molar-refractivity contribution in [2.45, 2.75) is 129 Å². The molecule has 218 valence electrons. The molecule has 12 unspecified atom stereocenters. The Labute approximate surface area is 234 Å². The molecule has 0 amide bonds. The van der Waals surface area contributed by atoms with E-state index in [1.807, 2.05) is 6.08 Å². The normalized spacial score (nSPS) is 50.4. The zero-order valence-electron chi connectivity index (χ0n) is 24.9. The van der Waals surface area contributed by atoms with Crippen molar-refractivity contribution in [1.29, 1.82) is 0 Å². The second kappa shape index (κ2) is 8.64. The van der Waals surface area contributed by atoms with Gasteiger partial charge in [-0.2, -0.15) is 0 Å². The molecule has 0 aromatic carbocycles. The van der Waals surface area contributed by atoms with E-state index >= 15 is 0 Å². The lowest BCUT2D eigenvalue weighted by Crippen LogP contribution is -2.56. The molecule has 6 rings (SSSR count). The summed E-state index contributed by atoms with van der Waals surface area (Å²) in [5.41, 5.74) is -1.03. The minimum atomic E-state index is -1.30. The first-order valence-electron chi connectivity index (χ1n) is 15.6. The van der Waals surface area contributed by atoms with Gasteiger partial charge in [0.05, 0.1) is 17.8 Å². The highest BCUT2D eigenvalue weighted by molar-refractivity contribution is 5.90. The summed E-state index contributed by atoms with van der Waals surface area (Å²) in [5.74, 6) is 0.830. The van der Waals surface area contributed by atoms with E-state index in [1.54, 1.807) is 20.8 Å². The highest BCUT2D eigenvalue weighted by Gasteiger charge is 2.82. The predicted octanol–water partition coefficient (Wildman–Crippen LogP) is 5.24. The van der Waals surface area contributed by atoms with Crippen molar-refractivity contribution in [3.8, 4) is 0 Å². The van der Waals surface area contributed by atoms with Crippen LogP contribution in [0.4, 0.5) is 0 Å². The molecule has 0 aromatic heterocycles. The number of ketones is 1. The third kappa shape index (κ3) is 3.56. The fraction of sp³-hybridized carbons (Fsp3) is 0.879. The first-order valence-corrected chi connectivity index (χ1v) is 15.6. The Hall–Kier alpha value is -1.24. The van der Waals surface area contributed by atoms with Crippen LogP contribution in [0.5, 0.6) is 0 Å². The van der Waals surface area contributed by atoms with E-state index in [0.29, 0.717) is 18.3 Å². The van der Waals surface area contributed by atoms with Crippen LogP contribution < -0.4 is 0 Å². The topological polar surface area (TPSA) is 93.1 Å². The maximum atomic E-state index is 14.5. The minimum Gasteiger partial charge on any atom is -0.457 e. The van der Waals surface area contributed by atoms with Gasteiger partial charge >= 0.3 is 5.97 Å². The maximum Gasteiger partial charge on any atom is 0.305 e. The van der Waals surface area contributed by atoms with E-state index in [1.165, 1.54) is 6.42 Å². The van der Waals surface area contributed by atoms with Gasteiger partial charge in [0.2, 0.25) is 0 Å². The van der Waals surface area contributed by atoms with E-state index in [0.717, 1.165) is 38.5 Å². The van der Waals surface area contributed by atoms with Gasteiger partial charge in [0.25, 0.3) is 0 Å². The van der Waals surface area contributed by atoms with Crippen molar-refractivity contribution in [2.24, 2.45) is 51.2 Å². The molecular formula is C33H50O6. The number of hydrogen-bond acceptors (Lipinski definition) is 6. The van der Waals surface area contributed by atoms with Crippen LogP contribution in [0.15, 0.2) is 12.7 Å². The summed E-state index contributed by atoms with van der Waals surface area (Å²) in [5, 5.41) is 21.9. The second-order valence-corrected chi connectivity index (χ2v) is 15.7. The van der Waals surface area contributed by atoms with Crippen molar-refractivity contribution < 1.29 is 29.3 Å². The third-order valence-corrected chi connectivity index (χ3v) is 13.3. The number of Topliss-reactive ketones (excluding diaryl/α,β-unsaturated/α-hetero) is 1. The number of aliphatic hydroxyl groups is 2. The number of fused-ring (bicyclic) bond motifs is 4. The van der Waals surface area contributed by atoms with Gasteiger partial charge in [0.1, 0.15) is 6.10 Å². The molecule has 12 atom stereocenters. The first-order chi connectivity index (χ1) is 18.2. The molecule has 1 aliphatic heterocycles. The summed E-state index contributed by atoms with van der Waals surface area (Å²) in [4.78, 5) is 26.8. The Morgan fingerprint density at radius 2 is 1.90 bits per heavy atom. The van der Waals surface area contributed by atoms with Crippen molar-refractivity contribution >= 4 is 11.8 Å². The molecule has 0 aromatic rings. The lowest BCUT2D eigenvalue weighted by Gasteiger charge is -2.59. The van der Waals surface area contributed by atoms with Crippen molar-refractivity contribution in [2.75, 3.05) is 0 Å². The molecule has 6 heteroatoms. The van der Waals surface area contributed by atoms with Gasteiger partial charge in [0, 0.05) is 18.3 Å². The number of allylic oxidation sites excluding steroid dienone is 1. The summed E-state index contributed by atoms with van der Waals surface area (Å²) in [6, 6.07) is 0. The Balaban J connectivity index is 1.32. The number of carbonyl (C=O) groups excluding carboxylic acids is 2. The van der Waals surface area contributed by atoms with E-state index in [-0.39, 0.29) is 63.7 Å². The number of esters is 1. The van der Waals surface area contributed by atoms with E-state index in [9.17, 15) is 19.8 Å². The highest BCUT2D eigenvalue weighted by Crippen LogP contribution is 2.87. The fourth-order valence-corrected chi connectivity index (χ4v) is 11.6. The van der Waals surface area contributed by atoms with Crippen LogP contribution in [-0.4, -0.2) is 52.0 Å². The Morgan fingerprint density at radius 3 is 2.54 bits per heavy atom. The summed E-state index contributed by atoms with van der Waals surface area (Å²) >= 11 is 0. The first kappa shape index (κ1) is 27.9. The smallest absolute Gasteiger partial charge is 0.305 e. The van der Waals surface area contributed by atoms with Crippen molar-refractivity contribution in [3.05, 3.63) is 12.7 Å². The van der Waals surface area contributed by atoms with Gasteiger partial charge in [-0.25, -0.2) is 0 Å². The van der Waals surface area contributed by atoms with E-state index in [2.05, 4.69) is 27.4 Å². The Bertz CT molecular complexity index is 1060. The lowest BCUT2D eigenvalue weighted by molar-refractivity contribution is -0.207. The van der Waals surface area contributed by atoms with Gasteiger partial charge in [-0.05, 0) is 105 Å². The maximum absolute atomic E-state index is 14.5. The van der Waals surface area contributed by atoms with Crippen LogP contribution in [-0.2, 0) is 19.1 Å². The number of aliphatic hydroxyl groups excluding tert-OH is 1. The molecule has 5 saturated carbocycles. The number of carbonyl (C=O) groups is 2. The molecule has 6 aliphatic rings. The monoisotopic (exact) mass is 542 g/mol. The van der Waals surface area contributed by atoms with Crippen LogP contribution in [0.25, 0.3) is 0 Å². The summed E-state index contributed by atoms with van der Waals surface area (Å²) in [6.45, 7) is 16.1. The lowest BCUT2D eigenvalue weighted by atomic mass is 9.46. The van der Waals surface area contributed by atoms with Gasteiger partial charge < -0.3 is 19.7 Å². The molecule has 2 spiro atoms. The zero-order chi connectivity index (χ0) is 28.3. The average molecular weight is 543 g/mol. The van der Waals surface area contributed by atoms with Crippen molar-refractivity contribution in [1.82, 2.24) is 0 Å². The largest absolute Gasteiger partial charge is 0.457 e. The van der Waals surface area contributed by atoms with Crippen LogP contribution in [0.3, 0.4) is 0 Å². The second-order valence-electron chi connectivity index (χ2n) is 15.7. The van der Waals surface area contributed by atoms with Crippen LogP contribution in [0, 0.1) is 51.2 Å². The molecule has 2 N–H and O–H groups in total. The number of ether oxygens (including phenoxy) is 2. The Morgan fingerprint density at radius 1 is 1.18 bits per heavy atom. The predicted molar refractivity (Wildman–Crippen MR) is 147 cm³/mol. The third-order valence-electron chi connectivity index (χ3n) is 13.3. The molecular weight excluding hydrogens is 492 g/mol. The molecule has 0 radical (unpaired) electrons. The number of hydrogen-bond donors (Lipinski definition) is 2. The average Bonchev–Trinajstić information content (AvgIpc) is 3.49. The summed E-state index contributed by atoms with van der Waals surface area (Å²) in [6.07, 6.45) is 8.09. The Kier molecular flexibility index (Phi) is 6.18. The fourth-order valence-electron chi connectivity index (χ4n) is 11.6. The van der Waals surface area contributed by atoms with Gasteiger partial charge in [-0.1, -0.05) is 33.8 Å². The molecule has 0 bridgehead atoms.